The fraction of sp³-hybridized carbons (Fsp3) is 0.278. The van der Waals surface area contributed by atoms with E-state index in [0.29, 0.717) is 43.2 Å². The lowest BCUT2D eigenvalue weighted by atomic mass is 10.2. The molecule has 1 saturated heterocycles. The molecule has 146 valence electrons. The molecule has 3 aromatic rings. The smallest absolute Gasteiger partial charge is 0.352 e. The number of hydrogen-bond acceptors (Lipinski definition) is 5. The summed E-state index contributed by atoms with van der Waals surface area (Å²) < 4.78 is 52.3. The van der Waals surface area contributed by atoms with Gasteiger partial charge in [0.1, 0.15) is 29.3 Å². The van der Waals surface area contributed by atoms with E-state index in [-0.39, 0.29) is 10.5 Å². The van der Waals surface area contributed by atoms with Crippen molar-refractivity contribution in [3.63, 3.8) is 0 Å². The Bertz CT molecular complexity index is 1020. The second-order valence-electron chi connectivity index (χ2n) is 6.33. The predicted octanol–water partition coefficient (Wildman–Crippen LogP) is 4.16. The zero-order chi connectivity index (χ0) is 19.9. The molecular formula is C18H14ClF4N5. The first kappa shape index (κ1) is 18.7. The standard InChI is InChI=1S/C18H14ClF4N5/c19-13-8-11(18(21,22)23)9-24-17(13)28-6-4-27(5-7-28)16-12-2-1-3-14(20)15(12)25-10-26-16/h1-3,8-10H,4-7H2. The molecule has 1 aromatic carbocycles. The molecule has 5 nitrogen and oxygen atoms in total. The van der Waals surface area contributed by atoms with Crippen molar-refractivity contribution in [1.29, 1.82) is 0 Å². The second-order valence-corrected chi connectivity index (χ2v) is 6.74. The van der Waals surface area contributed by atoms with Crippen LogP contribution < -0.4 is 9.80 Å². The fourth-order valence-electron chi connectivity index (χ4n) is 3.24. The maximum atomic E-state index is 14.0. The lowest BCUT2D eigenvalue weighted by molar-refractivity contribution is -0.137. The van der Waals surface area contributed by atoms with E-state index in [1.807, 2.05) is 9.80 Å². The van der Waals surface area contributed by atoms with Crippen molar-refractivity contribution in [2.45, 2.75) is 6.18 Å². The summed E-state index contributed by atoms with van der Waals surface area (Å²) in [6.07, 6.45) is -2.38. The maximum absolute atomic E-state index is 14.0. The number of benzene rings is 1. The van der Waals surface area contributed by atoms with Crippen LogP contribution in [0.5, 0.6) is 0 Å². The van der Waals surface area contributed by atoms with Gasteiger partial charge in [-0.15, -0.1) is 0 Å². The van der Waals surface area contributed by atoms with E-state index in [9.17, 15) is 17.6 Å². The number of para-hydroxylation sites is 1. The Hall–Kier alpha value is -2.68. The largest absolute Gasteiger partial charge is 0.417 e. The van der Waals surface area contributed by atoms with Crippen molar-refractivity contribution in [2.75, 3.05) is 36.0 Å². The van der Waals surface area contributed by atoms with Crippen LogP contribution in [0.1, 0.15) is 5.56 Å². The van der Waals surface area contributed by atoms with Crippen molar-refractivity contribution in [3.05, 3.63) is 53.2 Å². The first-order chi connectivity index (χ1) is 13.3. The first-order valence-electron chi connectivity index (χ1n) is 8.46. The van der Waals surface area contributed by atoms with Crippen LogP contribution in [0.4, 0.5) is 29.2 Å². The number of alkyl halides is 3. The van der Waals surface area contributed by atoms with Crippen LogP contribution in [0.15, 0.2) is 36.8 Å². The highest BCUT2D eigenvalue weighted by molar-refractivity contribution is 6.33. The average molecular weight is 412 g/mol. The van der Waals surface area contributed by atoms with Gasteiger partial charge >= 0.3 is 6.18 Å². The van der Waals surface area contributed by atoms with Crippen molar-refractivity contribution in [2.24, 2.45) is 0 Å². The molecule has 0 saturated carbocycles. The number of pyridine rings is 1. The number of hydrogen-bond donors (Lipinski definition) is 0. The van der Waals surface area contributed by atoms with E-state index in [0.717, 1.165) is 12.3 Å². The molecule has 0 aliphatic carbocycles. The van der Waals surface area contributed by atoms with Gasteiger partial charge in [0, 0.05) is 37.8 Å². The van der Waals surface area contributed by atoms with Gasteiger partial charge in [0.25, 0.3) is 0 Å². The monoisotopic (exact) mass is 411 g/mol. The molecule has 0 amide bonds. The molecule has 4 rings (SSSR count). The minimum atomic E-state index is -4.49. The number of halogens is 5. The van der Waals surface area contributed by atoms with Gasteiger partial charge in [-0.3, -0.25) is 0 Å². The van der Waals surface area contributed by atoms with Gasteiger partial charge in [-0.25, -0.2) is 19.3 Å². The van der Waals surface area contributed by atoms with E-state index in [4.69, 9.17) is 11.6 Å². The highest BCUT2D eigenvalue weighted by atomic mass is 35.5. The summed E-state index contributed by atoms with van der Waals surface area (Å²) in [4.78, 5) is 16.0. The molecule has 3 heterocycles. The van der Waals surface area contributed by atoms with Crippen molar-refractivity contribution in [1.82, 2.24) is 15.0 Å². The zero-order valence-electron chi connectivity index (χ0n) is 14.4. The summed E-state index contributed by atoms with van der Waals surface area (Å²) in [5.74, 6) is 0.518. The van der Waals surface area contributed by atoms with Crippen molar-refractivity contribution >= 4 is 34.1 Å². The third-order valence-electron chi connectivity index (χ3n) is 4.62. The van der Waals surface area contributed by atoms with Gasteiger partial charge in [0.05, 0.1) is 10.6 Å². The number of aromatic nitrogens is 3. The van der Waals surface area contributed by atoms with Crippen molar-refractivity contribution in [3.8, 4) is 0 Å². The Morgan fingerprint density at radius 1 is 0.929 bits per heavy atom. The van der Waals surface area contributed by atoms with E-state index in [2.05, 4.69) is 15.0 Å². The lowest BCUT2D eigenvalue weighted by Crippen LogP contribution is -2.47. The van der Waals surface area contributed by atoms with Crippen LogP contribution in [0, 0.1) is 5.82 Å². The molecule has 1 aliphatic rings. The molecule has 0 radical (unpaired) electrons. The number of rotatable bonds is 2. The van der Waals surface area contributed by atoms with Crippen LogP contribution in [0.3, 0.4) is 0 Å². The lowest BCUT2D eigenvalue weighted by Gasteiger charge is -2.36. The summed E-state index contributed by atoms with van der Waals surface area (Å²) in [5, 5.41) is 0.569. The van der Waals surface area contributed by atoms with Gasteiger partial charge in [-0.1, -0.05) is 17.7 Å². The van der Waals surface area contributed by atoms with E-state index < -0.39 is 17.6 Å². The van der Waals surface area contributed by atoms with Gasteiger partial charge in [-0.2, -0.15) is 13.2 Å². The minimum Gasteiger partial charge on any atom is -0.352 e. The molecule has 1 aliphatic heterocycles. The van der Waals surface area contributed by atoms with E-state index in [1.165, 1.54) is 12.4 Å². The third kappa shape index (κ3) is 3.42. The van der Waals surface area contributed by atoms with E-state index >= 15 is 0 Å². The molecule has 0 atom stereocenters. The SMILES string of the molecule is Fc1cccc2c(N3CCN(c4ncc(C(F)(F)F)cc4Cl)CC3)ncnc12. The fourth-order valence-corrected chi connectivity index (χ4v) is 3.52. The highest BCUT2D eigenvalue weighted by Gasteiger charge is 2.32. The second kappa shape index (κ2) is 7.05. The normalized spacial score (nSPS) is 15.3. The maximum Gasteiger partial charge on any atom is 0.417 e. The zero-order valence-corrected chi connectivity index (χ0v) is 15.2. The molecule has 0 spiro atoms. The Labute approximate surface area is 162 Å². The Morgan fingerprint density at radius 3 is 2.25 bits per heavy atom. The number of anilines is 2. The molecule has 1 fully saturated rings. The van der Waals surface area contributed by atoms with Crippen molar-refractivity contribution < 1.29 is 17.6 Å². The molecule has 0 unspecified atom stereocenters. The Balaban J connectivity index is 1.54. The Kier molecular flexibility index (Phi) is 4.70. The van der Waals surface area contributed by atoms with Gasteiger partial charge in [-0.05, 0) is 18.2 Å². The quantitative estimate of drug-likeness (QED) is 0.592. The molecule has 10 heteroatoms. The number of nitrogens with zero attached hydrogens (tertiary/aromatic N) is 5. The average Bonchev–Trinajstić information content (AvgIpc) is 2.67. The molecule has 0 bridgehead atoms. The topological polar surface area (TPSA) is 45.2 Å². The van der Waals surface area contributed by atoms with Crippen LogP contribution >= 0.6 is 11.6 Å². The van der Waals surface area contributed by atoms with E-state index in [1.54, 1.807) is 12.1 Å². The summed E-state index contributed by atoms with van der Waals surface area (Å²) in [5.41, 5.74) is -0.628. The Morgan fingerprint density at radius 2 is 1.61 bits per heavy atom. The number of fused-ring (bicyclic) bond motifs is 1. The molecule has 2 aromatic heterocycles. The summed E-state index contributed by atoms with van der Waals surface area (Å²) in [6.45, 7) is 2.03. The van der Waals surface area contributed by atoms with Gasteiger partial charge in [0.2, 0.25) is 0 Å². The summed E-state index contributed by atoms with van der Waals surface area (Å²) >= 11 is 6.04. The molecule has 28 heavy (non-hydrogen) atoms. The van der Waals surface area contributed by atoms with Crippen LogP contribution in [0.2, 0.25) is 5.02 Å². The van der Waals surface area contributed by atoms with Crippen LogP contribution in [-0.2, 0) is 6.18 Å². The first-order valence-corrected chi connectivity index (χ1v) is 8.84. The van der Waals surface area contributed by atoms with Crippen LogP contribution in [0.25, 0.3) is 10.9 Å². The van der Waals surface area contributed by atoms with Gasteiger partial charge < -0.3 is 9.80 Å². The minimum absolute atomic E-state index is 0.0437. The molecule has 0 N–H and O–H groups in total. The predicted molar refractivity (Wildman–Crippen MR) is 98.2 cm³/mol. The molecular weight excluding hydrogens is 398 g/mol. The highest BCUT2D eigenvalue weighted by Crippen LogP contribution is 2.34. The summed E-state index contributed by atoms with van der Waals surface area (Å²) in [7, 11) is 0. The number of piperazine rings is 1. The summed E-state index contributed by atoms with van der Waals surface area (Å²) in [6, 6.07) is 5.59. The third-order valence-corrected chi connectivity index (χ3v) is 4.90. The van der Waals surface area contributed by atoms with Gasteiger partial charge in [0.15, 0.2) is 0 Å². The van der Waals surface area contributed by atoms with Crippen LogP contribution in [-0.4, -0.2) is 41.1 Å².